The van der Waals surface area contributed by atoms with Crippen molar-refractivity contribution in [3.05, 3.63) is 0 Å². The van der Waals surface area contributed by atoms with Crippen molar-refractivity contribution in [3.8, 4) is 0 Å². The van der Waals surface area contributed by atoms with Crippen molar-refractivity contribution in [2.45, 2.75) is 59.0 Å². The minimum Gasteiger partial charge on any atom is -0.461 e. The number of ether oxygens (including phenoxy) is 1. The molecule has 2 nitrogen and oxygen atoms in total. The maximum Gasteiger partial charge on any atom is 0.309 e. The van der Waals surface area contributed by atoms with Gasteiger partial charge in [-0.15, -0.1) is 0 Å². The summed E-state index contributed by atoms with van der Waals surface area (Å²) in [5.41, 5.74) is 0.252. The molecule has 0 radical (unpaired) electrons. The zero-order valence-electron chi connectivity index (χ0n) is 11.2. The molecule has 2 aliphatic carbocycles. The number of hydrogen-bond donors (Lipinski definition) is 0. The molecule has 1 aliphatic heterocycles. The molecule has 2 heteroatoms. The molecule has 17 heavy (non-hydrogen) atoms. The lowest BCUT2D eigenvalue weighted by Crippen LogP contribution is -2.52. The summed E-state index contributed by atoms with van der Waals surface area (Å²) in [4.78, 5) is 11.8. The van der Waals surface area contributed by atoms with Gasteiger partial charge < -0.3 is 4.74 Å². The summed E-state index contributed by atoms with van der Waals surface area (Å²) >= 11 is 0. The third-order valence-electron chi connectivity index (χ3n) is 6.24. The second-order valence-corrected chi connectivity index (χ2v) is 6.78. The van der Waals surface area contributed by atoms with Crippen LogP contribution in [0.5, 0.6) is 0 Å². The second kappa shape index (κ2) is 3.73. The minimum atomic E-state index is 0.0552. The van der Waals surface area contributed by atoms with Crippen LogP contribution in [0.25, 0.3) is 0 Å². The van der Waals surface area contributed by atoms with Crippen molar-refractivity contribution in [3.63, 3.8) is 0 Å². The highest BCUT2D eigenvalue weighted by Gasteiger charge is 2.59. The normalized spacial score (nSPS) is 53.8. The Balaban J connectivity index is 1.95. The highest BCUT2D eigenvalue weighted by molar-refractivity contribution is 5.75. The Morgan fingerprint density at radius 2 is 1.94 bits per heavy atom. The van der Waals surface area contributed by atoms with Crippen molar-refractivity contribution < 1.29 is 9.53 Å². The van der Waals surface area contributed by atoms with E-state index in [2.05, 4.69) is 20.8 Å². The van der Waals surface area contributed by atoms with Gasteiger partial charge in [0.15, 0.2) is 0 Å². The topological polar surface area (TPSA) is 26.3 Å². The van der Waals surface area contributed by atoms with Gasteiger partial charge in [0.05, 0.1) is 5.92 Å². The van der Waals surface area contributed by atoms with Crippen LogP contribution in [0.1, 0.15) is 52.9 Å². The van der Waals surface area contributed by atoms with Crippen LogP contribution in [-0.2, 0) is 9.53 Å². The van der Waals surface area contributed by atoms with Gasteiger partial charge in [0, 0.05) is 11.3 Å². The molecular weight excluding hydrogens is 212 g/mol. The van der Waals surface area contributed by atoms with Gasteiger partial charge in [-0.3, -0.25) is 4.79 Å². The Bertz CT molecular complexity index is 338. The number of esters is 1. The second-order valence-electron chi connectivity index (χ2n) is 6.78. The predicted octanol–water partition coefficient (Wildman–Crippen LogP) is 3.40. The standard InChI is InChI=1S/C15H24O2/c1-9-5-4-6-11-7-8-12-10(2)14(16)17-13(12)15(9,11)3/h9-13H,4-8H2,1-3H3. The first-order valence-corrected chi connectivity index (χ1v) is 7.25. The van der Waals surface area contributed by atoms with Crippen molar-refractivity contribution in [2.75, 3.05) is 0 Å². The Labute approximate surface area is 104 Å². The van der Waals surface area contributed by atoms with E-state index in [4.69, 9.17) is 4.74 Å². The number of carbonyl (C=O) groups excluding carboxylic acids is 1. The first-order chi connectivity index (χ1) is 8.05. The van der Waals surface area contributed by atoms with Crippen LogP contribution >= 0.6 is 0 Å². The molecule has 6 unspecified atom stereocenters. The fourth-order valence-electron chi connectivity index (χ4n) is 4.80. The lowest BCUT2D eigenvalue weighted by molar-refractivity contribution is -0.159. The SMILES string of the molecule is CC1C(=O)OC2C1CCC1CCCC(C)C12C. The highest BCUT2D eigenvalue weighted by Crippen LogP contribution is 2.58. The van der Waals surface area contributed by atoms with E-state index in [1.807, 2.05) is 0 Å². The Morgan fingerprint density at radius 1 is 1.18 bits per heavy atom. The molecule has 3 aliphatic rings. The highest BCUT2D eigenvalue weighted by atomic mass is 16.6. The Kier molecular flexibility index (Phi) is 2.53. The first kappa shape index (κ1) is 11.6. The van der Waals surface area contributed by atoms with Crippen molar-refractivity contribution in [1.29, 1.82) is 0 Å². The quantitative estimate of drug-likeness (QED) is 0.603. The summed E-state index contributed by atoms with van der Waals surface area (Å²) < 4.78 is 5.78. The van der Waals surface area contributed by atoms with Crippen molar-refractivity contribution >= 4 is 5.97 Å². The maximum absolute atomic E-state index is 11.8. The summed E-state index contributed by atoms with van der Waals surface area (Å²) in [5.74, 6) is 2.16. The van der Waals surface area contributed by atoms with Crippen LogP contribution < -0.4 is 0 Å². The number of hydrogen-bond acceptors (Lipinski definition) is 2. The van der Waals surface area contributed by atoms with Crippen LogP contribution in [0.4, 0.5) is 0 Å². The smallest absolute Gasteiger partial charge is 0.309 e. The van der Waals surface area contributed by atoms with Crippen molar-refractivity contribution in [2.24, 2.45) is 29.1 Å². The summed E-state index contributed by atoms with van der Waals surface area (Å²) in [5, 5.41) is 0. The van der Waals surface area contributed by atoms with Crippen LogP contribution in [0.15, 0.2) is 0 Å². The number of carbonyl (C=O) groups is 1. The third kappa shape index (κ3) is 1.42. The molecule has 0 aromatic carbocycles. The van der Waals surface area contributed by atoms with Gasteiger partial charge in [-0.25, -0.2) is 0 Å². The van der Waals surface area contributed by atoms with E-state index >= 15 is 0 Å². The minimum absolute atomic E-state index is 0.0552. The van der Waals surface area contributed by atoms with E-state index < -0.39 is 0 Å². The molecule has 3 rings (SSSR count). The molecule has 6 atom stereocenters. The molecule has 3 fully saturated rings. The van der Waals surface area contributed by atoms with Crippen LogP contribution in [0.2, 0.25) is 0 Å². The fraction of sp³-hybridized carbons (Fsp3) is 0.933. The van der Waals surface area contributed by atoms with Crippen LogP contribution in [-0.4, -0.2) is 12.1 Å². The average molecular weight is 236 g/mol. The molecule has 0 N–H and O–H groups in total. The fourth-order valence-corrected chi connectivity index (χ4v) is 4.80. The number of rotatable bonds is 0. The molecule has 1 heterocycles. The first-order valence-electron chi connectivity index (χ1n) is 7.25. The van der Waals surface area contributed by atoms with E-state index in [1.165, 1.54) is 32.1 Å². The van der Waals surface area contributed by atoms with E-state index in [0.29, 0.717) is 11.8 Å². The molecule has 0 spiro atoms. The predicted molar refractivity (Wildman–Crippen MR) is 66.4 cm³/mol. The van der Waals surface area contributed by atoms with E-state index in [0.717, 1.165) is 5.92 Å². The zero-order chi connectivity index (χ0) is 12.2. The molecular formula is C15H24O2. The van der Waals surface area contributed by atoms with Gasteiger partial charge in [-0.1, -0.05) is 33.6 Å². The Hall–Kier alpha value is -0.530. The molecule has 0 aromatic heterocycles. The van der Waals surface area contributed by atoms with E-state index in [9.17, 15) is 4.79 Å². The average Bonchev–Trinajstić information content (AvgIpc) is 2.59. The summed E-state index contributed by atoms with van der Waals surface area (Å²) in [6.07, 6.45) is 6.73. The molecule has 0 amide bonds. The van der Waals surface area contributed by atoms with Gasteiger partial charge in [0.1, 0.15) is 6.10 Å². The number of fused-ring (bicyclic) bond motifs is 3. The maximum atomic E-state index is 11.8. The monoisotopic (exact) mass is 236 g/mol. The van der Waals surface area contributed by atoms with Crippen LogP contribution in [0, 0.1) is 29.1 Å². The molecule has 96 valence electrons. The largest absolute Gasteiger partial charge is 0.461 e. The van der Waals surface area contributed by atoms with E-state index in [-0.39, 0.29) is 23.4 Å². The van der Waals surface area contributed by atoms with Gasteiger partial charge in [-0.05, 0) is 31.1 Å². The summed E-state index contributed by atoms with van der Waals surface area (Å²) in [7, 11) is 0. The summed E-state index contributed by atoms with van der Waals surface area (Å²) in [6.45, 7) is 6.82. The van der Waals surface area contributed by atoms with Gasteiger partial charge >= 0.3 is 5.97 Å². The summed E-state index contributed by atoms with van der Waals surface area (Å²) in [6, 6.07) is 0. The Morgan fingerprint density at radius 3 is 2.71 bits per heavy atom. The van der Waals surface area contributed by atoms with Gasteiger partial charge in [-0.2, -0.15) is 0 Å². The lowest BCUT2D eigenvalue weighted by Gasteiger charge is -2.54. The lowest BCUT2D eigenvalue weighted by atomic mass is 9.52. The molecule has 0 bridgehead atoms. The van der Waals surface area contributed by atoms with Crippen LogP contribution in [0.3, 0.4) is 0 Å². The molecule has 1 saturated heterocycles. The third-order valence-corrected chi connectivity index (χ3v) is 6.24. The zero-order valence-corrected chi connectivity index (χ0v) is 11.2. The molecule has 2 saturated carbocycles. The van der Waals surface area contributed by atoms with Crippen molar-refractivity contribution in [1.82, 2.24) is 0 Å². The molecule has 0 aromatic rings. The van der Waals surface area contributed by atoms with E-state index in [1.54, 1.807) is 0 Å². The van der Waals surface area contributed by atoms with Gasteiger partial charge in [0.25, 0.3) is 0 Å². The van der Waals surface area contributed by atoms with Gasteiger partial charge in [0.2, 0.25) is 0 Å².